The molecule has 10 nitrogen and oxygen atoms in total. The van der Waals surface area contributed by atoms with Crippen LogP contribution in [0.1, 0.15) is 31.7 Å². The van der Waals surface area contributed by atoms with Crippen LogP contribution in [-0.4, -0.2) is 60.7 Å². The molecule has 0 aromatic carbocycles. The number of ether oxygens (including phenoxy) is 1. The summed E-state index contributed by atoms with van der Waals surface area (Å²) in [6, 6.07) is 4.13. The number of aryl methyl sites for hydroxylation is 2. The van der Waals surface area contributed by atoms with Crippen LogP contribution in [0.25, 0.3) is 28.5 Å². The van der Waals surface area contributed by atoms with E-state index < -0.39 is 5.60 Å². The number of aromatic nitrogens is 7. The lowest BCUT2D eigenvalue weighted by atomic mass is 9.76. The van der Waals surface area contributed by atoms with Gasteiger partial charge in [0.2, 0.25) is 0 Å². The Labute approximate surface area is 197 Å². The number of fused-ring (bicyclic) bond motifs is 1. The Morgan fingerprint density at radius 1 is 1.12 bits per heavy atom. The molecule has 4 aromatic rings. The molecule has 0 spiro atoms. The monoisotopic (exact) mass is 461 g/mol. The van der Waals surface area contributed by atoms with Gasteiger partial charge in [0.15, 0.2) is 29.4 Å². The van der Waals surface area contributed by atoms with Crippen molar-refractivity contribution in [2.24, 2.45) is 7.05 Å². The van der Waals surface area contributed by atoms with Gasteiger partial charge in [0, 0.05) is 49.1 Å². The van der Waals surface area contributed by atoms with Gasteiger partial charge in [-0.3, -0.25) is 0 Å². The van der Waals surface area contributed by atoms with Crippen LogP contribution in [0.4, 0.5) is 5.82 Å². The third-order valence-corrected chi connectivity index (χ3v) is 6.93. The fraction of sp³-hybridized carbons (Fsp3) is 0.458. The Morgan fingerprint density at radius 3 is 2.56 bits per heavy atom. The second-order valence-corrected chi connectivity index (χ2v) is 9.11. The fourth-order valence-electron chi connectivity index (χ4n) is 4.72. The van der Waals surface area contributed by atoms with E-state index >= 15 is 0 Å². The second-order valence-electron chi connectivity index (χ2n) is 9.11. The molecule has 5 heterocycles. The molecule has 1 saturated carbocycles. The normalized spacial score (nSPS) is 17.8. The lowest BCUT2D eigenvalue weighted by molar-refractivity contribution is -0.671. The van der Waals surface area contributed by atoms with Crippen molar-refractivity contribution < 1.29 is 14.4 Å². The van der Waals surface area contributed by atoms with Crippen molar-refractivity contribution in [3.8, 4) is 17.3 Å². The molecule has 0 radical (unpaired) electrons. The number of hydrogen-bond acceptors (Lipinski definition) is 7. The van der Waals surface area contributed by atoms with Crippen molar-refractivity contribution in [1.29, 1.82) is 0 Å². The molecule has 2 aliphatic rings. The van der Waals surface area contributed by atoms with Crippen molar-refractivity contribution >= 4 is 17.0 Å². The molecule has 1 aliphatic carbocycles. The molecule has 1 saturated heterocycles. The van der Waals surface area contributed by atoms with Crippen LogP contribution in [0.5, 0.6) is 0 Å². The first kappa shape index (κ1) is 21.2. The van der Waals surface area contributed by atoms with E-state index in [1.54, 1.807) is 10.9 Å². The first-order valence-electron chi connectivity index (χ1n) is 11.9. The zero-order valence-electron chi connectivity index (χ0n) is 19.6. The van der Waals surface area contributed by atoms with E-state index in [1.807, 2.05) is 30.2 Å². The van der Waals surface area contributed by atoms with Gasteiger partial charge in [-0.05, 0) is 26.2 Å². The molecule has 2 fully saturated rings. The first-order chi connectivity index (χ1) is 16.6. The van der Waals surface area contributed by atoms with Gasteiger partial charge in [0.1, 0.15) is 12.9 Å². The summed E-state index contributed by atoms with van der Waals surface area (Å²) >= 11 is 0. The summed E-state index contributed by atoms with van der Waals surface area (Å²) in [6.07, 6.45) is 10.2. The van der Waals surface area contributed by atoms with Crippen LogP contribution in [0, 0.1) is 0 Å². The Morgan fingerprint density at radius 2 is 1.88 bits per heavy atom. The molecule has 0 atom stereocenters. The van der Waals surface area contributed by atoms with Gasteiger partial charge in [0.25, 0.3) is 5.95 Å². The van der Waals surface area contributed by atoms with E-state index in [9.17, 15) is 5.11 Å². The van der Waals surface area contributed by atoms with Gasteiger partial charge in [0.05, 0.1) is 25.0 Å². The summed E-state index contributed by atoms with van der Waals surface area (Å²) < 4.78 is 11.4. The van der Waals surface area contributed by atoms with Crippen LogP contribution in [0.15, 0.2) is 36.9 Å². The Hall–Kier alpha value is -3.37. The molecular formula is C24H29N8O2+. The second kappa shape index (κ2) is 8.14. The maximum Gasteiger partial charge on any atom is 0.254 e. The lowest BCUT2D eigenvalue weighted by Crippen LogP contribution is -2.37. The van der Waals surface area contributed by atoms with Crippen LogP contribution >= 0.6 is 0 Å². The predicted molar refractivity (Wildman–Crippen MR) is 126 cm³/mol. The number of aliphatic hydroxyl groups is 1. The summed E-state index contributed by atoms with van der Waals surface area (Å²) in [5.41, 5.74) is 2.62. The van der Waals surface area contributed by atoms with Crippen molar-refractivity contribution in [3.05, 3.63) is 42.5 Å². The number of pyridine rings is 1. The summed E-state index contributed by atoms with van der Waals surface area (Å²) in [5, 5.41) is 15.3. The third kappa shape index (κ3) is 3.45. The van der Waals surface area contributed by atoms with E-state index in [2.05, 4.69) is 33.6 Å². The lowest BCUT2D eigenvalue weighted by Gasteiger charge is -2.35. The van der Waals surface area contributed by atoms with Crippen molar-refractivity contribution in [2.45, 2.75) is 38.3 Å². The molecule has 0 bridgehead atoms. The van der Waals surface area contributed by atoms with Crippen LogP contribution in [0.2, 0.25) is 0 Å². The van der Waals surface area contributed by atoms with E-state index in [-0.39, 0.29) is 0 Å². The number of nitrogens with zero attached hydrogens (tertiary/aromatic N) is 8. The Balaban J connectivity index is 1.53. The highest BCUT2D eigenvalue weighted by atomic mass is 16.5. The number of rotatable bonds is 5. The van der Waals surface area contributed by atoms with E-state index in [0.717, 1.165) is 72.8 Å². The van der Waals surface area contributed by atoms with E-state index in [4.69, 9.17) is 19.7 Å². The van der Waals surface area contributed by atoms with E-state index in [0.29, 0.717) is 19.2 Å². The van der Waals surface area contributed by atoms with Crippen molar-refractivity contribution in [2.75, 3.05) is 31.2 Å². The van der Waals surface area contributed by atoms with Gasteiger partial charge in [-0.15, -0.1) is 0 Å². The maximum absolute atomic E-state index is 10.8. The van der Waals surface area contributed by atoms with Crippen molar-refractivity contribution in [3.63, 3.8) is 0 Å². The highest BCUT2D eigenvalue weighted by Gasteiger charge is 2.37. The van der Waals surface area contributed by atoms with Gasteiger partial charge in [-0.25, -0.2) is 14.2 Å². The average Bonchev–Trinajstić information content (AvgIpc) is 3.48. The highest BCUT2D eigenvalue weighted by molar-refractivity contribution is 5.87. The summed E-state index contributed by atoms with van der Waals surface area (Å²) in [4.78, 5) is 17.1. The van der Waals surface area contributed by atoms with Gasteiger partial charge in [-0.2, -0.15) is 15.1 Å². The molecule has 0 unspecified atom stereocenters. The van der Waals surface area contributed by atoms with Gasteiger partial charge in [-0.1, -0.05) is 0 Å². The smallest absolute Gasteiger partial charge is 0.254 e. The zero-order valence-corrected chi connectivity index (χ0v) is 19.6. The standard InChI is InChI=1S/C24H29N8O2/c1-3-31-20(17-5-9-29(2)10-6-17)26-19-21(30-11-13-34-14-12-30)27-23(28-22(19)31)32-16-18(15-25-32)24(33)7-4-8-24/h5-6,9-10,15-16,33H,3-4,7-8,11-14H2,1-2H3/q+1. The Kier molecular flexibility index (Phi) is 5.07. The SMILES string of the molecule is CCn1c(-c2cc[n+](C)cc2)nc2c(N3CCOCC3)nc(-n3cc(C4(O)CCC4)cn3)nc21. The average molecular weight is 462 g/mol. The molecule has 0 amide bonds. The number of morpholine rings is 1. The molecule has 10 heteroatoms. The molecular weight excluding hydrogens is 432 g/mol. The minimum atomic E-state index is -0.781. The van der Waals surface area contributed by atoms with Crippen LogP contribution in [0.3, 0.4) is 0 Å². The highest BCUT2D eigenvalue weighted by Crippen LogP contribution is 2.41. The number of anilines is 1. The van der Waals surface area contributed by atoms with E-state index in [1.165, 1.54) is 0 Å². The molecule has 1 N–H and O–H groups in total. The van der Waals surface area contributed by atoms with Crippen LogP contribution in [-0.2, 0) is 23.9 Å². The summed E-state index contributed by atoms with van der Waals surface area (Å²) in [6.45, 7) is 5.60. The van der Waals surface area contributed by atoms with Crippen LogP contribution < -0.4 is 9.47 Å². The predicted octanol–water partition coefficient (Wildman–Crippen LogP) is 1.73. The Bertz CT molecular complexity index is 1330. The maximum atomic E-state index is 10.8. The minimum Gasteiger partial charge on any atom is -0.385 e. The van der Waals surface area contributed by atoms with Gasteiger partial charge < -0.3 is 19.3 Å². The first-order valence-corrected chi connectivity index (χ1v) is 11.9. The third-order valence-electron chi connectivity index (χ3n) is 6.93. The molecule has 4 aromatic heterocycles. The molecule has 34 heavy (non-hydrogen) atoms. The zero-order chi connectivity index (χ0) is 23.3. The number of imidazole rings is 1. The summed E-state index contributed by atoms with van der Waals surface area (Å²) in [7, 11) is 2.00. The largest absolute Gasteiger partial charge is 0.385 e. The topological polar surface area (TPSA) is 98.0 Å². The van der Waals surface area contributed by atoms with Crippen molar-refractivity contribution in [1.82, 2.24) is 29.3 Å². The molecule has 176 valence electrons. The fourth-order valence-corrected chi connectivity index (χ4v) is 4.72. The molecule has 1 aliphatic heterocycles. The number of hydrogen-bond donors (Lipinski definition) is 1. The quantitative estimate of drug-likeness (QED) is 0.452. The van der Waals surface area contributed by atoms with Gasteiger partial charge >= 0.3 is 0 Å². The molecule has 6 rings (SSSR count). The summed E-state index contributed by atoms with van der Waals surface area (Å²) in [5.74, 6) is 2.13. The minimum absolute atomic E-state index is 0.476.